The summed E-state index contributed by atoms with van der Waals surface area (Å²) >= 11 is 0. The van der Waals surface area contributed by atoms with Crippen LogP contribution in [-0.4, -0.2) is 39.9 Å². The number of hydrogen-bond acceptors (Lipinski definition) is 4. The SMILES string of the molecule is CC[C@]1(C)C[C@@H](O)[C@@]2(C)C3C(=O)CCC3(CC[C@H]2CO)C(C)C1O. The van der Waals surface area contributed by atoms with Crippen LogP contribution < -0.4 is 0 Å². The van der Waals surface area contributed by atoms with Crippen LogP contribution >= 0.6 is 0 Å². The number of Topliss-reactive ketones (excluding diaryl/α,β-unsaturated/α-hetero) is 1. The Morgan fingerprint density at radius 1 is 1.21 bits per heavy atom. The molecule has 4 nitrogen and oxygen atoms in total. The van der Waals surface area contributed by atoms with Crippen molar-refractivity contribution in [2.45, 2.75) is 78.4 Å². The van der Waals surface area contributed by atoms with Gasteiger partial charge >= 0.3 is 0 Å². The van der Waals surface area contributed by atoms with Gasteiger partial charge in [-0.3, -0.25) is 4.79 Å². The van der Waals surface area contributed by atoms with E-state index in [-0.39, 0.29) is 41.0 Å². The first-order chi connectivity index (χ1) is 11.2. The molecule has 8 atom stereocenters. The summed E-state index contributed by atoms with van der Waals surface area (Å²) < 4.78 is 0. The highest BCUT2D eigenvalue weighted by Crippen LogP contribution is 2.67. The molecule has 3 rings (SSSR count). The van der Waals surface area contributed by atoms with Crippen LogP contribution in [0.4, 0.5) is 0 Å². The monoisotopic (exact) mass is 338 g/mol. The van der Waals surface area contributed by atoms with E-state index in [9.17, 15) is 20.1 Å². The summed E-state index contributed by atoms with van der Waals surface area (Å²) in [5, 5.41) is 32.4. The van der Waals surface area contributed by atoms with Crippen molar-refractivity contribution in [1.29, 1.82) is 0 Å². The molecular weight excluding hydrogens is 304 g/mol. The molecule has 4 heteroatoms. The van der Waals surface area contributed by atoms with Gasteiger partial charge in [0.05, 0.1) is 12.2 Å². The highest BCUT2D eigenvalue weighted by molar-refractivity contribution is 5.85. The lowest BCUT2D eigenvalue weighted by molar-refractivity contribution is -0.205. The number of aliphatic hydroxyl groups is 3. The van der Waals surface area contributed by atoms with Gasteiger partial charge in [0.2, 0.25) is 0 Å². The van der Waals surface area contributed by atoms with Crippen LogP contribution in [0.15, 0.2) is 0 Å². The number of hydrogen-bond donors (Lipinski definition) is 3. The van der Waals surface area contributed by atoms with E-state index in [1.54, 1.807) is 0 Å². The summed E-state index contributed by atoms with van der Waals surface area (Å²) in [4.78, 5) is 12.9. The quantitative estimate of drug-likeness (QED) is 0.723. The minimum atomic E-state index is -0.673. The first-order valence-corrected chi connectivity index (χ1v) is 9.67. The normalized spacial score (nSPS) is 55.0. The molecule has 3 fully saturated rings. The zero-order valence-electron chi connectivity index (χ0n) is 15.6. The van der Waals surface area contributed by atoms with Gasteiger partial charge in [0.15, 0.2) is 0 Å². The predicted octanol–water partition coefficient (Wildman–Crippen LogP) is 2.54. The summed E-state index contributed by atoms with van der Waals surface area (Å²) in [6, 6.07) is 0. The fourth-order valence-electron chi connectivity index (χ4n) is 6.71. The van der Waals surface area contributed by atoms with Crippen LogP contribution in [-0.2, 0) is 4.79 Å². The zero-order valence-corrected chi connectivity index (χ0v) is 15.6. The van der Waals surface area contributed by atoms with Crippen molar-refractivity contribution < 1.29 is 20.1 Å². The third-order valence-electron chi connectivity index (χ3n) is 8.69. The van der Waals surface area contributed by atoms with Gasteiger partial charge in [0, 0.05) is 24.4 Å². The lowest BCUT2D eigenvalue weighted by atomic mass is 9.43. The number of carbonyl (C=O) groups is 1. The highest BCUT2D eigenvalue weighted by atomic mass is 16.3. The van der Waals surface area contributed by atoms with E-state index in [1.165, 1.54) is 0 Å². The largest absolute Gasteiger partial charge is 0.396 e. The molecule has 0 aromatic heterocycles. The van der Waals surface area contributed by atoms with E-state index in [4.69, 9.17) is 0 Å². The minimum Gasteiger partial charge on any atom is -0.396 e. The molecule has 138 valence electrons. The molecule has 0 spiro atoms. The fourth-order valence-corrected chi connectivity index (χ4v) is 6.71. The molecule has 0 saturated heterocycles. The van der Waals surface area contributed by atoms with E-state index >= 15 is 0 Å². The van der Waals surface area contributed by atoms with Crippen LogP contribution in [0, 0.1) is 34.0 Å². The Morgan fingerprint density at radius 2 is 1.88 bits per heavy atom. The van der Waals surface area contributed by atoms with Gasteiger partial charge in [-0.05, 0) is 54.8 Å². The molecule has 3 N–H and O–H groups in total. The summed E-state index contributed by atoms with van der Waals surface area (Å²) in [6.45, 7) is 8.30. The minimum absolute atomic E-state index is 0.0210. The van der Waals surface area contributed by atoms with Crippen molar-refractivity contribution in [2.24, 2.45) is 34.0 Å². The van der Waals surface area contributed by atoms with Gasteiger partial charge < -0.3 is 15.3 Å². The standard InChI is InChI=1S/C20H34O4/c1-5-18(3)10-15(23)19(4)13(11-21)6-8-20(12(2)17(18)24)9-7-14(22)16(19)20/h12-13,15-17,21,23-24H,5-11H2,1-4H3/t12?,13-,15+,16?,17?,18+,19-,20?/m0/s1. The van der Waals surface area contributed by atoms with E-state index in [0.717, 1.165) is 25.7 Å². The van der Waals surface area contributed by atoms with Crippen molar-refractivity contribution >= 4 is 5.78 Å². The van der Waals surface area contributed by atoms with Gasteiger partial charge in [0.25, 0.3) is 0 Å². The summed E-state index contributed by atoms with van der Waals surface area (Å²) in [5.74, 6) is -0.0209. The van der Waals surface area contributed by atoms with Crippen LogP contribution in [0.3, 0.4) is 0 Å². The molecule has 0 aliphatic heterocycles. The maximum atomic E-state index is 12.9. The molecule has 4 unspecified atom stereocenters. The maximum absolute atomic E-state index is 12.9. The van der Waals surface area contributed by atoms with Crippen molar-refractivity contribution in [3.8, 4) is 0 Å². The Bertz CT molecular complexity index is 520. The molecule has 0 aromatic carbocycles. The molecule has 0 radical (unpaired) electrons. The first-order valence-electron chi connectivity index (χ1n) is 9.67. The van der Waals surface area contributed by atoms with Gasteiger partial charge in [-0.25, -0.2) is 0 Å². The lowest BCUT2D eigenvalue weighted by Crippen LogP contribution is -2.63. The number of rotatable bonds is 2. The molecule has 0 heterocycles. The highest BCUT2D eigenvalue weighted by Gasteiger charge is 2.67. The number of carbonyl (C=O) groups excluding carboxylic acids is 1. The van der Waals surface area contributed by atoms with Crippen LogP contribution in [0.1, 0.15) is 66.2 Å². The second-order valence-electron chi connectivity index (χ2n) is 9.38. The molecule has 0 aromatic rings. The first kappa shape index (κ1) is 18.3. The Morgan fingerprint density at radius 3 is 2.46 bits per heavy atom. The Labute approximate surface area is 145 Å². The van der Waals surface area contributed by atoms with Crippen molar-refractivity contribution in [2.75, 3.05) is 6.61 Å². The smallest absolute Gasteiger partial charge is 0.137 e. The Hall–Kier alpha value is -0.450. The third kappa shape index (κ3) is 2.12. The second kappa shape index (κ2) is 5.78. The Balaban J connectivity index is 2.19. The second-order valence-corrected chi connectivity index (χ2v) is 9.38. The summed E-state index contributed by atoms with van der Waals surface area (Å²) in [7, 11) is 0. The van der Waals surface area contributed by atoms with E-state index in [1.807, 2.05) is 6.92 Å². The number of aliphatic hydroxyl groups excluding tert-OH is 3. The van der Waals surface area contributed by atoms with Crippen molar-refractivity contribution in [3.63, 3.8) is 0 Å². The topological polar surface area (TPSA) is 77.8 Å². The molecule has 3 aliphatic carbocycles. The van der Waals surface area contributed by atoms with Crippen LogP contribution in [0.2, 0.25) is 0 Å². The summed E-state index contributed by atoms with van der Waals surface area (Å²) in [6.07, 6.45) is 3.16. The number of ketones is 1. The van der Waals surface area contributed by atoms with E-state index < -0.39 is 17.6 Å². The van der Waals surface area contributed by atoms with Crippen LogP contribution in [0.5, 0.6) is 0 Å². The third-order valence-corrected chi connectivity index (χ3v) is 8.69. The molecule has 2 bridgehead atoms. The molecule has 3 saturated carbocycles. The van der Waals surface area contributed by atoms with E-state index in [2.05, 4.69) is 20.8 Å². The van der Waals surface area contributed by atoms with Gasteiger partial charge in [-0.1, -0.05) is 27.7 Å². The van der Waals surface area contributed by atoms with Gasteiger partial charge in [-0.2, -0.15) is 0 Å². The molecule has 24 heavy (non-hydrogen) atoms. The van der Waals surface area contributed by atoms with Gasteiger partial charge in [-0.15, -0.1) is 0 Å². The average molecular weight is 338 g/mol. The lowest BCUT2D eigenvalue weighted by Gasteiger charge is -2.62. The molecular formula is C20H34O4. The van der Waals surface area contributed by atoms with Crippen LogP contribution in [0.25, 0.3) is 0 Å². The fraction of sp³-hybridized carbons (Fsp3) is 0.950. The predicted molar refractivity (Wildman–Crippen MR) is 92.3 cm³/mol. The molecule has 3 aliphatic rings. The van der Waals surface area contributed by atoms with Crippen molar-refractivity contribution in [3.05, 3.63) is 0 Å². The average Bonchev–Trinajstić information content (AvgIpc) is 2.91. The molecule has 0 amide bonds. The maximum Gasteiger partial charge on any atom is 0.137 e. The van der Waals surface area contributed by atoms with E-state index in [0.29, 0.717) is 12.8 Å². The Kier molecular flexibility index (Phi) is 4.42. The zero-order chi connectivity index (χ0) is 17.9. The summed E-state index contributed by atoms with van der Waals surface area (Å²) in [5.41, 5.74) is -1.18. The van der Waals surface area contributed by atoms with Crippen molar-refractivity contribution in [1.82, 2.24) is 0 Å². The van der Waals surface area contributed by atoms with Gasteiger partial charge in [0.1, 0.15) is 5.78 Å².